The third-order valence-corrected chi connectivity index (χ3v) is 8.27. The predicted molar refractivity (Wildman–Crippen MR) is 146 cm³/mol. The molecule has 1 aliphatic heterocycles. The first kappa shape index (κ1) is 27.2. The molecule has 0 bridgehead atoms. The second-order valence-electron chi connectivity index (χ2n) is 10.4. The third kappa shape index (κ3) is 6.62. The SMILES string of the molecule is CC(=O)Nc1nc(C)c(C(=O)N[C@@H](C)c2ccc(CN3CCc4cc(OCC5CC5(F)F)ccc4C3)cc2)s1. The summed E-state index contributed by atoms with van der Waals surface area (Å²) in [5.74, 6) is -2.98. The van der Waals surface area contributed by atoms with Gasteiger partial charge in [-0.3, -0.25) is 14.5 Å². The van der Waals surface area contributed by atoms with Crippen LogP contribution in [-0.2, 0) is 24.3 Å². The molecule has 0 saturated heterocycles. The van der Waals surface area contributed by atoms with Gasteiger partial charge in [0.05, 0.1) is 24.3 Å². The summed E-state index contributed by atoms with van der Waals surface area (Å²) in [5.41, 5.74) is 5.21. The lowest BCUT2D eigenvalue weighted by Crippen LogP contribution is -2.30. The average molecular weight is 555 g/mol. The molecule has 39 heavy (non-hydrogen) atoms. The number of hydrogen-bond donors (Lipinski definition) is 2. The van der Waals surface area contributed by atoms with Crippen LogP contribution in [0.1, 0.15) is 63.9 Å². The molecule has 206 valence electrons. The van der Waals surface area contributed by atoms with Crippen molar-refractivity contribution in [1.29, 1.82) is 0 Å². The van der Waals surface area contributed by atoms with Gasteiger partial charge in [0.15, 0.2) is 5.13 Å². The number of anilines is 1. The van der Waals surface area contributed by atoms with Gasteiger partial charge in [-0.25, -0.2) is 13.8 Å². The number of alkyl halides is 2. The van der Waals surface area contributed by atoms with Crippen molar-refractivity contribution in [2.24, 2.45) is 5.92 Å². The number of nitrogens with one attached hydrogen (secondary N) is 2. The number of halogens is 2. The number of nitrogens with zero attached hydrogens (tertiary/aromatic N) is 2. The Bertz CT molecular complexity index is 1380. The van der Waals surface area contributed by atoms with Crippen molar-refractivity contribution < 1.29 is 23.1 Å². The second kappa shape index (κ2) is 11.0. The minimum absolute atomic E-state index is 0.0701. The fraction of sp³-hybridized carbons (Fsp3) is 0.414. The zero-order valence-electron chi connectivity index (χ0n) is 22.2. The van der Waals surface area contributed by atoms with Gasteiger partial charge in [0, 0.05) is 33.0 Å². The van der Waals surface area contributed by atoms with E-state index in [1.807, 2.05) is 37.3 Å². The first-order chi connectivity index (χ1) is 18.6. The molecule has 2 atom stereocenters. The van der Waals surface area contributed by atoms with Gasteiger partial charge in [-0.15, -0.1) is 0 Å². The number of carbonyl (C=O) groups excluding carboxylic acids is 2. The standard InChI is InChI=1S/C29H32F2N4O3S/c1-17(32-27(37)26-18(2)33-28(39-26)34-19(3)36)21-6-4-20(5-7-21)14-35-11-10-22-12-25(9-8-23(22)15-35)38-16-24-13-29(24,30)31/h4-9,12,17,24H,10-11,13-16H2,1-3H3,(H,32,37)(H,33,34,36)/t17-,24?/m0/s1. The van der Waals surface area contributed by atoms with Crippen LogP contribution in [0.5, 0.6) is 5.75 Å². The van der Waals surface area contributed by atoms with Crippen molar-refractivity contribution in [2.75, 3.05) is 18.5 Å². The largest absolute Gasteiger partial charge is 0.493 e. The van der Waals surface area contributed by atoms with Crippen LogP contribution < -0.4 is 15.4 Å². The lowest BCUT2D eigenvalue weighted by atomic mass is 9.98. The average Bonchev–Trinajstić information content (AvgIpc) is 3.34. The number of thiazole rings is 1. The maximum Gasteiger partial charge on any atom is 0.263 e. The number of hydrogen-bond acceptors (Lipinski definition) is 6. The molecule has 1 aliphatic carbocycles. The number of aryl methyl sites for hydroxylation is 1. The summed E-state index contributed by atoms with van der Waals surface area (Å²) in [6.07, 6.45) is 0.809. The normalized spacial score (nSPS) is 18.6. The molecule has 5 rings (SSSR count). The van der Waals surface area contributed by atoms with Gasteiger partial charge in [-0.2, -0.15) is 0 Å². The fourth-order valence-electron chi connectivity index (χ4n) is 4.79. The third-order valence-electron chi connectivity index (χ3n) is 7.20. The molecule has 1 fully saturated rings. The molecular formula is C29H32F2N4O3S. The van der Waals surface area contributed by atoms with Crippen molar-refractivity contribution in [3.8, 4) is 5.75 Å². The minimum atomic E-state index is -2.56. The van der Waals surface area contributed by atoms with E-state index >= 15 is 0 Å². The first-order valence-electron chi connectivity index (χ1n) is 13.1. The highest BCUT2D eigenvalue weighted by Gasteiger charge is 2.57. The van der Waals surface area contributed by atoms with Crippen molar-refractivity contribution >= 4 is 28.3 Å². The number of rotatable bonds is 9. The van der Waals surface area contributed by atoms with Crippen LogP contribution in [0.4, 0.5) is 13.9 Å². The smallest absolute Gasteiger partial charge is 0.263 e. The Hall–Kier alpha value is -3.37. The summed E-state index contributed by atoms with van der Waals surface area (Å²) in [5, 5.41) is 6.06. The van der Waals surface area contributed by atoms with Crippen LogP contribution >= 0.6 is 11.3 Å². The van der Waals surface area contributed by atoms with E-state index in [-0.39, 0.29) is 30.9 Å². The summed E-state index contributed by atoms with van der Waals surface area (Å²) in [7, 11) is 0. The Morgan fingerprint density at radius 1 is 1.21 bits per heavy atom. The van der Waals surface area contributed by atoms with Crippen molar-refractivity contribution in [1.82, 2.24) is 15.2 Å². The van der Waals surface area contributed by atoms with Crippen LogP contribution in [0.3, 0.4) is 0 Å². The molecule has 1 unspecified atom stereocenters. The minimum Gasteiger partial charge on any atom is -0.493 e. The van der Waals surface area contributed by atoms with Crippen LogP contribution in [-0.4, -0.2) is 40.8 Å². The topological polar surface area (TPSA) is 83.6 Å². The van der Waals surface area contributed by atoms with Crippen LogP contribution in [0.25, 0.3) is 0 Å². The van der Waals surface area contributed by atoms with Gasteiger partial charge in [0.1, 0.15) is 10.6 Å². The Labute approximate surface area is 230 Å². The Morgan fingerprint density at radius 2 is 1.95 bits per heavy atom. The summed E-state index contributed by atoms with van der Waals surface area (Å²) in [4.78, 5) is 31.2. The predicted octanol–water partition coefficient (Wildman–Crippen LogP) is 5.49. The quantitative estimate of drug-likeness (QED) is 0.365. The number of ether oxygens (including phenoxy) is 1. The highest BCUT2D eigenvalue weighted by Crippen LogP contribution is 2.48. The van der Waals surface area contributed by atoms with Gasteiger partial charge in [-0.1, -0.05) is 41.7 Å². The number of amides is 2. The number of benzene rings is 2. The van der Waals surface area contributed by atoms with E-state index in [9.17, 15) is 18.4 Å². The van der Waals surface area contributed by atoms with E-state index in [0.717, 1.165) is 43.0 Å². The number of fused-ring (bicyclic) bond motifs is 1. The molecular weight excluding hydrogens is 522 g/mol. The molecule has 2 amide bonds. The first-order valence-corrected chi connectivity index (χ1v) is 13.9. The maximum atomic E-state index is 13.1. The zero-order chi connectivity index (χ0) is 27.7. The fourth-order valence-corrected chi connectivity index (χ4v) is 5.70. The summed E-state index contributed by atoms with van der Waals surface area (Å²) in [6, 6.07) is 14.0. The van der Waals surface area contributed by atoms with Crippen molar-refractivity contribution in [3.05, 3.63) is 75.3 Å². The Kier molecular flexibility index (Phi) is 7.68. The van der Waals surface area contributed by atoms with Gasteiger partial charge in [-0.05, 0) is 54.7 Å². The summed E-state index contributed by atoms with van der Waals surface area (Å²) < 4.78 is 31.8. The van der Waals surface area contributed by atoms with E-state index in [1.54, 1.807) is 6.92 Å². The Balaban J connectivity index is 1.13. The molecule has 2 N–H and O–H groups in total. The lowest BCUT2D eigenvalue weighted by Gasteiger charge is -2.29. The highest BCUT2D eigenvalue weighted by atomic mass is 32.1. The zero-order valence-corrected chi connectivity index (χ0v) is 23.0. The van der Waals surface area contributed by atoms with Gasteiger partial charge >= 0.3 is 0 Å². The molecule has 0 spiro atoms. The summed E-state index contributed by atoms with van der Waals surface area (Å²) >= 11 is 1.16. The van der Waals surface area contributed by atoms with Crippen molar-refractivity contribution in [3.63, 3.8) is 0 Å². The lowest BCUT2D eigenvalue weighted by molar-refractivity contribution is -0.114. The monoisotopic (exact) mass is 554 g/mol. The van der Waals surface area contributed by atoms with Gasteiger partial charge < -0.3 is 15.4 Å². The van der Waals surface area contributed by atoms with Crippen molar-refractivity contribution in [2.45, 2.75) is 58.7 Å². The highest BCUT2D eigenvalue weighted by molar-refractivity contribution is 7.17. The van der Waals surface area contributed by atoms with E-state index in [0.29, 0.717) is 21.5 Å². The van der Waals surface area contributed by atoms with Gasteiger partial charge in [0.2, 0.25) is 5.91 Å². The van der Waals surface area contributed by atoms with E-state index in [4.69, 9.17) is 4.74 Å². The number of carbonyl (C=O) groups is 2. The Morgan fingerprint density at radius 3 is 2.64 bits per heavy atom. The van der Waals surface area contributed by atoms with E-state index < -0.39 is 11.8 Å². The van der Waals surface area contributed by atoms with Crippen LogP contribution in [0.2, 0.25) is 0 Å². The van der Waals surface area contributed by atoms with Gasteiger partial charge in [0.25, 0.3) is 11.8 Å². The van der Waals surface area contributed by atoms with E-state index in [1.165, 1.54) is 23.6 Å². The van der Waals surface area contributed by atoms with Crippen LogP contribution in [0.15, 0.2) is 42.5 Å². The maximum absolute atomic E-state index is 13.1. The molecule has 10 heteroatoms. The summed E-state index contributed by atoms with van der Waals surface area (Å²) in [6.45, 7) is 7.69. The molecule has 2 aliphatic rings. The molecule has 7 nitrogen and oxygen atoms in total. The second-order valence-corrected chi connectivity index (χ2v) is 11.4. The number of aromatic nitrogens is 1. The van der Waals surface area contributed by atoms with Crippen LogP contribution in [0, 0.1) is 12.8 Å². The molecule has 0 radical (unpaired) electrons. The molecule has 2 heterocycles. The molecule has 1 saturated carbocycles. The molecule has 3 aromatic rings. The molecule has 1 aromatic heterocycles. The van der Waals surface area contributed by atoms with E-state index in [2.05, 4.69) is 32.7 Å². The molecule has 2 aromatic carbocycles.